The standard InChI is InChI=1S/C17H24N2O2/c1-21-13-5-4-12-8-15-16(20)17(18,14(12)9-13)6-7-19(15)10-11-2-3-11/h4-5,9,11,15-16,20H,2-3,6-8,10,18H2,1H3/t15-,16?,17-/m1/s1. The van der Waals surface area contributed by atoms with Gasteiger partial charge < -0.3 is 15.6 Å². The number of nitrogens with zero attached hydrogens (tertiary/aromatic N) is 1. The first-order valence-electron chi connectivity index (χ1n) is 8.00. The lowest BCUT2D eigenvalue weighted by Crippen LogP contribution is -2.67. The molecule has 3 atom stereocenters. The van der Waals surface area contributed by atoms with Gasteiger partial charge in [0, 0.05) is 19.1 Å². The molecule has 0 spiro atoms. The number of ether oxygens (including phenoxy) is 1. The van der Waals surface area contributed by atoms with Crippen molar-refractivity contribution in [3.63, 3.8) is 0 Å². The molecular formula is C17H24N2O2. The van der Waals surface area contributed by atoms with Crippen molar-refractivity contribution in [2.45, 2.75) is 43.4 Å². The molecule has 0 amide bonds. The van der Waals surface area contributed by atoms with E-state index in [0.717, 1.165) is 43.2 Å². The summed E-state index contributed by atoms with van der Waals surface area (Å²) in [6.45, 7) is 2.12. The van der Waals surface area contributed by atoms with E-state index < -0.39 is 11.6 Å². The molecule has 1 unspecified atom stereocenters. The number of nitrogens with two attached hydrogens (primary N) is 1. The maximum absolute atomic E-state index is 10.9. The first-order chi connectivity index (χ1) is 10.1. The van der Waals surface area contributed by atoms with Crippen LogP contribution in [0.2, 0.25) is 0 Å². The lowest BCUT2D eigenvalue weighted by atomic mass is 9.68. The number of hydrogen-bond donors (Lipinski definition) is 2. The van der Waals surface area contributed by atoms with Gasteiger partial charge in [0.05, 0.1) is 18.8 Å². The minimum Gasteiger partial charge on any atom is -0.497 e. The van der Waals surface area contributed by atoms with Crippen LogP contribution in [0.4, 0.5) is 0 Å². The van der Waals surface area contributed by atoms with E-state index in [0.29, 0.717) is 0 Å². The molecule has 0 radical (unpaired) electrons. The van der Waals surface area contributed by atoms with Gasteiger partial charge in [-0.1, -0.05) is 6.07 Å². The monoisotopic (exact) mass is 288 g/mol. The molecule has 1 heterocycles. The van der Waals surface area contributed by atoms with E-state index in [4.69, 9.17) is 10.5 Å². The molecule has 1 aliphatic heterocycles. The van der Waals surface area contributed by atoms with Crippen LogP contribution in [0, 0.1) is 5.92 Å². The third-order valence-electron chi connectivity index (χ3n) is 5.61. The Labute approximate surface area is 125 Å². The zero-order valence-corrected chi connectivity index (χ0v) is 12.6. The molecule has 21 heavy (non-hydrogen) atoms. The number of aliphatic hydroxyl groups excluding tert-OH is 1. The summed E-state index contributed by atoms with van der Waals surface area (Å²) in [6.07, 6.45) is 3.93. The van der Waals surface area contributed by atoms with E-state index in [1.807, 2.05) is 12.1 Å². The number of fused-ring (bicyclic) bond motifs is 4. The van der Waals surface area contributed by atoms with Crippen molar-refractivity contribution in [1.82, 2.24) is 4.90 Å². The Kier molecular flexibility index (Phi) is 3.03. The second-order valence-electron chi connectivity index (χ2n) is 6.97. The molecule has 3 N–H and O–H groups in total. The maximum atomic E-state index is 10.9. The first kappa shape index (κ1) is 13.6. The predicted molar refractivity (Wildman–Crippen MR) is 81.3 cm³/mol. The topological polar surface area (TPSA) is 58.7 Å². The van der Waals surface area contributed by atoms with Crippen molar-refractivity contribution in [3.05, 3.63) is 29.3 Å². The summed E-state index contributed by atoms with van der Waals surface area (Å²) in [5.41, 5.74) is 8.39. The fraction of sp³-hybridized carbons (Fsp3) is 0.647. The van der Waals surface area contributed by atoms with Crippen molar-refractivity contribution in [2.24, 2.45) is 11.7 Å². The lowest BCUT2D eigenvalue weighted by molar-refractivity contribution is -0.0572. The second kappa shape index (κ2) is 4.70. The van der Waals surface area contributed by atoms with E-state index in [-0.39, 0.29) is 6.04 Å². The van der Waals surface area contributed by atoms with Gasteiger partial charge in [-0.25, -0.2) is 0 Å². The molecule has 2 aliphatic carbocycles. The molecule has 114 valence electrons. The summed E-state index contributed by atoms with van der Waals surface area (Å²) in [5.74, 6) is 1.67. The molecule has 1 saturated heterocycles. The van der Waals surface area contributed by atoms with Gasteiger partial charge in [-0.3, -0.25) is 4.90 Å². The summed E-state index contributed by atoms with van der Waals surface area (Å²) < 4.78 is 5.33. The van der Waals surface area contributed by atoms with E-state index in [1.54, 1.807) is 7.11 Å². The fourth-order valence-corrected chi connectivity index (χ4v) is 4.10. The van der Waals surface area contributed by atoms with Crippen LogP contribution in [0.5, 0.6) is 5.75 Å². The molecule has 1 saturated carbocycles. The Bertz CT molecular complexity index is 558. The minimum absolute atomic E-state index is 0.172. The van der Waals surface area contributed by atoms with E-state index in [2.05, 4.69) is 11.0 Å². The summed E-state index contributed by atoms with van der Waals surface area (Å²) in [5, 5.41) is 10.9. The zero-order valence-electron chi connectivity index (χ0n) is 12.6. The second-order valence-corrected chi connectivity index (χ2v) is 6.97. The van der Waals surface area contributed by atoms with Gasteiger partial charge in [0.15, 0.2) is 0 Å². The largest absolute Gasteiger partial charge is 0.497 e. The fourth-order valence-electron chi connectivity index (χ4n) is 4.10. The number of benzene rings is 1. The zero-order chi connectivity index (χ0) is 14.6. The van der Waals surface area contributed by atoms with Crippen LogP contribution in [0.1, 0.15) is 30.4 Å². The van der Waals surface area contributed by atoms with Crippen LogP contribution in [0.25, 0.3) is 0 Å². The van der Waals surface area contributed by atoms with E-state index in [9.17, 15) is 5.11 Å². The highest BCUT2D eigenvalue weighted by Gasteiger charge is 2.51. The molecule has 0 aromatic heterocycles. The van der Waals surface area contributed by atoms with Crippen LogP contribution in [-0.2, 0) is 12.0 Å². The normalized spacial score (nSPS) is 35.4. The van der Waals surface area contributed by atoms with Crippen LogP contribution >= 0.6 is 0 Å². The molecule has 1 aromatic rings. The first-order valence-corrected chi connectivity index (χ1v) is 8.00. The smallest absolute Gasteiger partial charge is 0.119 e. The van der Waals surface area contributed by atoms with Gasteiger partial charge in [-0.15, -0.1) is 0 Å². The van der Waals surface area contributed by atoms with Gasteiger partial charge >= 0.3 is 0 Å². The highest BCUT2D eigenvalue weighted by Crippen LogP contribution is 2.44. The Hall–Kier alpha value is -1.10. The van der Waals surface area contributed by atoms with Gasteiger partial charge in [-0.05, 0) is 54.9 Å². The SMILES string of the molecule is COc1ccc2c(c1)[C@]1(N)CCN(CC3CC3)[C@H](C2)C1O. The maximum Gasteiger partial charge on any atom is 0.119 e. The molecule has 2 fully saturated rings. The number of likely N-dealkylation sites (tertiary alicyclic amines) is 1. The van der Waals surface area contributed by atoms with Crippen LogP contribution < -0.4 is 10.5 Å². The van der Waals surface area contributed by atoms with Crippen molar-refractivity contribution in [3.8, 4) is 5.75 Å². The third kappa shape index (κ3) is 2.08. The Balaban J connectivity index is 1.70. The number of piperidine rings is 1. The molecule has 4 nitrogen and oxygen atoms in total. The van der Waals surface area contributed by atoms with Crippen molar-refractivity contribution in [1.29, 1.82) is 0 Å². The quantitative estimate of drug-likeness (QED) is 0.879. The Morgan fingerprint density at radius 2 is 2.24 bits per heavy atom. The molecular weight excluding hydrogens is 264 g/mol. The van der Waals surface area contributed by atoms with Crippen LogP contribution in [-0.4, -0.2) is 42.4 Å². The summed E-state index contributed by atoms with van der Waals surface area (Å²) in [4.78, 5) is 2.47. The minimum atomic E-state index is -0.618. The summed E-state index contributed by atoms with van der Waals surface area (Å²) >= 11 is 0. The lowest BCUT2D eigenvalue weighted by Gasteiger charge is -2.53. The molecule has 1 aromatic carbocycles. The van der Waals surface area contributed by atoms with Gasteiger partial charge in [0.25, 0.3) is 0 Å². The molecule has 4 heteroatoms. The molecule has 3 aliphatic rings. The molecule has 2 bridgehead atoms. The third-order valence-corrected chi connectivity index (χ3v) is 5.61. The van der Waals surface area contributed by atoms with Crippen LogP contribution in [0.15, 0.2) is 18.2 Å². The predicted octanol–water partition coefficient (Wildman–Crippen LogP) is 1.25. The number of aliphatic hydroxyl groups is 1. The van der Waals surface area contributed by atoms with Gasteiger partial charge in [0.2, 0.25) is 0 Å². The number of hydrogen-bond acceptors (Lipinski definition) is 4. The summed E-state index contributed by atoms with van der Waals surface area (Å²) in [6, 6.07) is 6.31. The number of methoxy groups -OCH3 is 1. The highest BCUT2D eigenvalue weighted by molar-refractivity contribution is 5.45. The van der Waals surface area contributed by atoms with Gasteiger partial charge in [0.1, 0.15) is 5.75 Å². The van der Waals surface area contributed by atoms with Crippen molar-refractivity contribution in [2.75, 3.05) is 20.2 Å². The molecule has 4 rings (SSSR count). The average Bonchev–Trinajstić information content (AvgIpc) is 3.30. The van der Waals surface area contributed by atoms with Crippen LogP contribution in [0.3, 0.4) is 0 Å². The van der Waals surface area contributed by atoms with E-state index >= 15 is 0 Å². The van der Waals surface area contributed by atoms with Gasteiger partial charge in [-0.2, -0.15) is 0 Å². The van der Waals surface area contributed by atoms with Crippen molar-refractivity contribution >= 4 is 0 Å². The van der Waals surface area contributed by atoms with Crippen molar-refractivity contribution < 1.29 is 9.84 Å². The highest BCUT2D eigenvalue weighted by atomic mass is 16.5. The summed E-state index contributed by atoms with van der Waals surface area (Å²) in [7, 11) is 1.67. The number of rotatable bonds is 3. The Morgan fingerprint density at radius 1 is 1.43 bits per heavy atom. The van der Waals surface area contributed by atoms with E-state index in [1.165, 1.54) is 18.4 Å². The Morgan fingerprint density at radius 3 is 2.95 bits per heavy atom. The average molecular weight is 288 g/mol.